The zero-order valence-electron chi connectivity index (χ0n) is 11.3. The number of hydrogen-bond donors (Lipinski definition) is 0. The summed E-state index contributed by atoms with van der Waals surface area (Å²) in [5, 5.41) is 0.776. The molecule has 0 bridgehead atoms. The maximum Gasteiger partial charge on any atom is 0.416 e. The van der Waals surface area contributed by atoms with Crippen LogP contribution >= 0.6 is 11.3 Å². The van der Waals surface area contributed by atoms with Gasteiger partial charge in [0.1, 0.15) is 0 Å². The summed E-state index contributed by atoms with van der Waals surface area (Å²) in [5.74, 6) is 0. The number of thiophene rings is 1. The molecule has 1 aromatic heterocycles. The number of alkyl halides is 6. The Morgan fingerprint density at radius 2 is 1.26 bits per heavy atom. The predicted molar refractivity (Wildman–Crippen MR) is 77.3 cm³/mol. The van der Waals surface area contributed by atoms with E-state index in [0.717, 1.165) is 33.6 Å². The van der Waals surface area contributed by atoms with E-state index in [1.165, 1.54) is 0 Å². The van der Waals surface area contributed by atoms with E-state index in [4.69, 9.17) is 0 Å². The van der Waals surface area contributed by atoms with Gasteiger partial charge < -0.3 is 0 Å². The van der Waals surface area contributed by atoms with Gasteiger partial charge in [0.05, 0.1) is 11.1 Å². The first-order valence-electron chi connectivity index (χ1n) is 6.43. The summed E-state index contributed by atoms with van der Waals surface area (Å²) in [5.41, 5.74) is -2.70. The lowest BCUT2D eigenvalue weighted by Gasteiger charge is -2.13. The van der Waals surface area contributed by atoms with E-state index in [-0.39, 0.29) is 11.6 Å². The molecular formula is C16H8F6S. The fraction of sp³-hybridized carbons (Fsp3) is 0.125. The molecule has 0 aliphatic carbocycles. The maximum atomic E-state index is 12.9. The molecule has 0 aliphatic heterocycles. The molecule has 0 atom stereocenters. The first-order valence-corrected chi connectivity index (χ1v) is 7.25. The number of benzene rings is 2. The molecular weight excluding hydrogens is 338 g/mol. The van der Waals surface area contributed by atoms with E-state index < -0.39 is 23.5 Å². The highest BCUT2D eigenvalue weighted by molar-refractivity contribution is 7.22. The second-order valence-electron chi connectivity index (χ2n) is 4.94. The SMILES string of the molecule is FC(F)(F)c1cc(-c2cc3ccccc3s2)cc(C(F)(F)F)c1. The fourth-order valence-corrected chi connectivity index (χ4v) is 3.27. The molecule has 0 N–H and O–H groups in total. The minimum Gasteiger partial charge on any atom is -0.166 e. The first-order chi connectivity index (χ1) is 10.6. The van der Waals surface area contributed by atoms with Gasteiger partial charge in [0.15, 0.2) is 0 Å². The molecule has 1 heterocycles. The van der Waals surface area contributed by atoms with Crippen LogP contribution in [0.1, 0.15) is 11.1 Å². The molecule has 0 aliphatic rings. The highest BCUT2D eigenvalue weighted by Gasteiger charge is 2.37. The van der Waals surface area contributed by atoms with Crippen LogP contribution in [0.5, 0.6) is 0 Å². The quantitative estimate of drug-likeness (QED) is 0.435. The number of fused-ring (bicyclic) bond motifs is 1. The topological polar surface area (TPSA) is 0 Å². The van der Waals surface area contributed by atoms with Gasteiger partial charge in [-0.15, -0.1) is 11.3 Å². The van der Waals surface area contributed by atoms with Gasteiger partial charge in [-0.1, -0.05) is 18.2 Å². The summed E-state index contributed by atoms with van der Waals surface area (Å²) in [6.07, 6.45) is -9.68. The lowest BCUT2D eigenvalue weighted by Crippen LogP contribution is -2.10. The van der Waals surface area contributed by atoms with E-state index in [1.54, 1.807) is 30.3 Å². The molecule has 0 spiro atoms. The summed E-state index contributed by atoms with van der Waals surface area (Å²) in [4.78, 5) is 0.364. The van der Waals surface area contributed by atoms with Gasteiger partial charge >= 0.3 is 12.4 Å². The number of halogens is 6. The van der Waals surface area contributed by atoms with Crippen molar-refractivity contribution >= 4 is 21.4 Å². The van der Waals surface area contributed by atoms with Gasteiger partial charge in [-0.05, 0) is 41.3 Å². The summed E-state index contributed by atoms with van der Waals surface area (Å²) >= 11 is 1.15. The van der Waals surface area contributed by atoms with Gasteiger partial charge in [0, 0.05) is 9.58 Å². The van der Waals surface area contributed by atoms with Crippen LogP contribution in [-0.2, 0) is 12.4 Å². The van der Waals surface area contributed by atoms with Crippen LogP contribution in [0.2, 0.25) is 0 Å². The van der Waals surface area contributed by atoms with Crippen LogP contribution in [0.3, 0.4) is 0 Å². The summed E-state index contributed by atoms with van der Waals surface area (Å²) in [6.45, 7) is 0. The zero-order chi connectivity index (χ0) is 16.8. The molecule has 0 radical (unpaired) electrons. The molecule has 0 nitrogen and oxygen atoms in total. The van der Waals surface area contributed by atoms with Crippen LogP contribution in [0.25, 0.3) is 20.5 Å². The van der Waals surface area contributed by atoms with E-state index in [0.29, 0.717) is 4.88 Å². The number of hydrogen-bond acceptors (Lipinski definition) is 1. The summed E-state index contributed by atoms with van der Waals surface area (Å²) < 4.78 is 78.2. The Kier molecular flexibility index (Phi) is 3.63. The second kappa shape index (κ2) is 5.26. The minimum absolute atomic E-state index is 0.0895. The highest BCUT2D eigenvalue weighted by Crippen LogP contribution is 2.41. The molecule has 0 fully saturated rings. The van der Waals surface area contributed by atoms with Crippen molar-refractivity contribution in [1.82, 2.24) is 0 Å². The second-order valence-corrected chi connectivity index (χ2v) is 6.03. The molecule has 3 aromatic rings. The van der Waals surface area contributed by atoms with E-state index in [9.17, 15) is 26.3 Å². The molecule has 2 aromatic carbocycles. The molecule has 0 amide bonds. The number of rotatable bonds is 1. The smallest absolute Gasteiger partial charge is 0.166 e. The van der Waals surface area contributed by atoms with Crippen molar-refractivity contribution in [3.05, 3.63) is 59.7 Å². The summed E-state index contributed by atoms with van der Waals surface area (Å²) in [7, 11) is 0. The van der Waals surface area contributed by atoms with E-state index in [2.05, 4.69) is 0 Å². The summed E-state index contributed by atoms with van der Waals surface area (Å²) in [6, 6.07) is 10.3. The third-order valence-electron chi connectivity index (χ3n) is 3.30. The van der Waals surface area contributed by atoms with Crippen LogP contribution in [-0.4, -0.2) is 0 Å². The van der Waals surface area contributed by atoms with Gasteiger partial charge in [0.2, 0.25) is 0 Å². The van der Waals surface area contributed by atoms with Crippen LogP contribution in [0.15, 0.2) is 48.5 Å². The van der Waals surface area contributed by atoms with Crippen LogP contribution in [0.4, 0.5) is 26.3 Å². The molecule has 0 saturated heterocycles. The van der Waals surface area contributed by atoms with Gasteiger partial charge in [-0.2, -0.15) is 26.3 Å². The van der Waals surface area contributed by atoms with Gasteiger partial charge in [-0.25, -0.2) is 0 Å². The zero-order valence-corrected chi connectivity index (χ0v) is 12.1. The maximum absolute atomic E-state index is 12.9. The van der Waals surface area contributed by atoms with Crippen molar-refractivity contribution in [2.75, 3.05) is 0 Å². The minimum atomic E-state index is -4.84. The van der Waals surface area contributed by atoms with E-state index in [1.807, 2.05) is 0 Å². The van der Waals surface area contributed by atoms with Crippen molar-refractivity contribution in [1.29, 1.82) is 0 Å². The van der Waals surface area contributed by atoms with Crippen molar-refractivity contribution in [2.45, 2.75) is 12.4 Å². The third-order valence-corrected chi connectivity index (χ3v) is 4.46. The van der Waals surface area contributed by atoms with Crippen molar-refractivity contribution in [3.63, 3.8) is 0 Å². The standard InChI is InChI=1S/C16H8F6S/c17-15(18,19)11-5-10(6-12(8-11)16(20,21)22)14-7-9-3-1-2-4-13(9)23-14/h1-8H. The van der Waals surface area contributed by atoms with Crippen molar-refractivity contribution < 1.29 is 26.3 Å². The average Bonchev–Trinajstić information content (AvgIpc) is 2.89. The average molecular weight is 346 g/mol. The van der Waals surface area contributed by atoms with Gasteiger partial charge in [-0.3, -0.25) is 0 Å². The molecule has 0 saturated carbocycles. The Bertz CT molecular complexity index is 792. The van der Waals surface area contributed by atoms with Crippen molar-refractivity contribution in [3.8, 4) is 10.4 Å². The van der Waals surface area contributed by atoms with Gasteiger partial charge in [0.25, 0.3) is 0 Å². The van der Waals surface area contributed by atoms with Crippen LogP contribution < -0.4 is 0 Å². The highest BCUT2D eigenvalue weighted by atomic mass is 32.1. The first kappa shape index (κ1) is 15.9. The molecule has 0 unspecified atom stereocenters. The van der Waals surface area contributed by atoms with E-state index >= 15 is 0 Å². The Hall–Kier alpha value is -2.02. The Morgan fingerprint density at radius 3 is 1.78 bits per heavy atom. The van der Waals surface area contributed by atoms with Crippen LogP contribution in [0, 0.1) is 0 Å². The normalized spacial score (nSPS) is 12.8. The molecule has 7 heteroatoms. The Morgan fingerprint density at radius 1 is 0.696 bits per heavy atom. The largest absolute Gasteiger partial charge is 0.416 e. The molecule has 3 rings (SSSR count). The van der Waals surface area contributed by atoms with Crippen molar-refractivity contribution in [2.24, 2.45) is 0 Å². The lowest BCUT2D eigenvalue weighted by atomic mass is 10.0. The third kappa shape index (κ3) is 3.19. The Balaban J connectivity index is 2.21. The fourth-order valence-electron chi connectivity index (χ4n) is 2.22. The predicted octanol–water partition coefficient (Wildman–Crippen LogP) is 6.61. The monoisotopic (exact) mass is 346 g/mol. The lowest BCUT2D eigenvalue weighted by molar-refractivity contribution is -0.143. The molecule has 120 valence electrons. The Labute approximate surface area is 131 Å². The molecule has 23 heavy (non-hydrogen) atoms.